The predicted octanol–water partition coefficient (Wildman–Crippen LogP) is 1.27. The Morgan fingerprint density at radius 1 is 1.24 bits per heavy atom. The number of rotatable bonds is 5. The van der Waals surface area contributed by atoms with Crippen LogP contribution in [0.3, 0.4) is 0 Å². The highest BCUT2D eigenvalue weighted by molar-refractivity contribution is 4.98. The number of hydrogen-bond acceptors (Lipinski definition) is 4. The molecular formula is C17H33N3O. The maximum Gasteiger partial charge on any atom is 0.0829 e. The van der Waals surface area contributed by atoms with Crippen LogP contribution in [0.15, 0.2) is 0 Å². The number of hydrogen-bond donors (Lipinski definition) is 1. The summed E-state index contributed by atoms with van der Waals surface area (Å²) in [7, 11) is 0. The summed E-state index contributed by atoms with van der Waals surface area (Å²) in [4.78, 5) is 5.33. The largest absolute Gasteiger partial charge is 0.374 e. The van der Waals surface area contributed by atoms with Crippen LogP contribution in [0.5, 0.6) is 0 Å². The third-order valence-electron chi connectivity index (χ3n) is 5.53. The average Bonchev–Trinajstić information content (AvgIpc) is 2.98. The molecule has 0 aromatic rings. The molecule has 3 rings (SSSR count). The molecule has 3 saturated heterocycles. The van der Waals surface area contributed by atoms with Gasteiger partial charge in [-0.15, -0.1) is 0 Å². The smallest absolute Gasteiger partial charge is 0.0829 e. The Kier molecular flexibility index (Phi) is 5.20. The Bertz CT molecular complexity index is 336. The maximum absolute atomic E-state index is 6.07. The Balaban J connectivity index is 1.53. The standard InChI is InChI=1S/C17H33N3O/c1-4-17-16-8-18-7-14(16)10-20(17)12-15-11-19(5-6-21-15)9-13(2)3/h13-18H,4-12H2,1-3H3. The van der Waals surface area contributed by atoms with E-state index in [1.807, 2.05) is 0 Å². The van der Waals surface area contributed by atoms with E-state index < -0.39 is 0 Å². The lowest BCUT2D eigenvalue weighted by Gasteiger charge is -2.37. The Morgan fingerprint density at radius 3 is 2.86 bits per heavy atom. The van der Waals surface area contributed by atoms with Gasteiger partial charge in [0, 0.05) is 38.8 Å². The van der Waals surface area contributed by atoms with Crippen LogP contribution in [-0.2, 0) is 4.74 Å². The molecule has 0 spiro atoms. The summed E-state index contributed by atoms with van der Waals surface area (Å²) >= 11 is 0. The van der Waals surface area contributed by atoms with Gasteiger partial charge in [-0.25, -0.2) is 0 Å². The number of nitrogens with zero attached hydrogens (tertiary/aromatic N) is 2. The summed E-state index contributed by atoms with van der Waals surface area (Å²) in [5.74, 6) is 2.51. The fraction of sp³-hybridized carbons (Fsp3) is 1.00. The minimum absolute atomic E-state index is 0.415. The van der Waals surface area contributed by atoms with Crippen molar-refractivity contribution in [1.82, 2.24) is 15.1 Å². The number of nitrogens with one attached hydrogen (secondary N) is 1. The van der Waals surface area contributed by atoms with Gasteiger partial charge in [-0.2, -0.15) is 0 Å². The summed E-state index contributed by atoms with van der Waals surface area (Å²) in [5, 5.41) is 3.58. The number of likely N-dealkylation sites (tertiary alicyclic amines) is 1. The van der Waals surface area contributed by atoms with Crippen LogP contribution in [0.4, 0.5) is 0 Å². The molecule has 0 bridgehead atoms. The van der Waals surface area contributed by atoms with Crippen molar-refractivity contribution in [3.63, 3.8) is 0 Å². The quantitative estimate of drug-likeness (QED) is 0.827. The molecule has 0 saturated carbocycles. The van der Waals surface area contributed by atoms with Crippen molar-refractivity contribution >= 4 is 0 Å². The third-order valence-corrected chi connectivity index (χ3v) is 5.53. The molecule has 1 N–H and O–H groups in total. The lowest BCUT2D eigenvalue weighted by atomic mass is 9.93. The summed E-state index contributed by atoms with van der Waals surface area (Å²) in [6, 6.07) is 0.772. The van der Waals surface area contributed by atoms with Crippen LogP contribution in [0.25, 0.3) is 0 Å². The molecule has 4 heteroatoms. The van der Waals surface area contributed by atoms with Crippen LogP contribution in [0.2, 0.25) is 0 Å². The highest BCUT2D eigenvalue weighted by atomic mass is 16.5. The highest BCUT2D eigenvalue weighted by Gasteiger charge is 2.43. The molecule has 0 radical (unpaired) electrons. The first-order valence-electron chi connectivity index (χ1n) is 8.96. The fourth-order valence-corrected chi connectivity index (χ4v) is 4.72. The second-order valence-electron chi connectivity index (χ2n) is 7.66. The number of fused-ring (bicyclic) bond motifs is 1. The minimum Gasteiger partial charge on any atom is -0.374 e. The molecule has 4 nitrogen and oxygen atoms in total. The zero-order chi connectivity index (χ0) is 14.8. The monoisotopic (exact) mass is 295 g/mol. The molecule has 122 valence electrons. The van der Waals surface area contributed by atoms with Crippen molar-refractivity contribution < 1.29 is 4.74 Å². The zero-order valence-electron chi connectivity index (χ0n) is 14.1. The van der Waals surface area contributed by atoms with Gasteiger partial charge in [-0.05, 0) is 37.3 Å². The molecule has 3 heterocycles. The van der Waals surface area contributed by atoms with Gasteiger partial charge in [-0.1, -0.05) is 20.8 Å². The molecular weight excluding hydrogens is 262 g/mol. The third kappa shape index (κ3) is 3.61. The van der Waals surface area contributed by atoms with Crippen LogP contribution in [-0.4, -0.2) is 74.4 Å². The first-order chi connectivity index (χ1) is 10.2. The fourth-order valence-electron chi connectivity index (χ4n) is 4.72. The van der Waals surface area contributed by atoms with Gasteiger partial charge in [0.2, 0.25) is 0 Å². The van der Waals surface area contributed by atoms with E-state index in [2.05, 4.69) is 35.9 Å². The summed E-state index contributed by atoms with van der Waals surface area (Å²) in [6.45, 7) is 16.2. The van der Waals surface area contributed by atoms with Crippen LogP contribution < -0.4 is 5.32 Å². The normalized spacial score (nSPS) is 38.3. The van der Waals surface area contributed by atoms with Crippen molar-refractivity contribution in [2.24, 2.45) is 17.8 Å². The summed E-state index contributed by atoms with van der Waals surface area (Å²) in [6.07, 6.45) is 1.70. The van der Waals surface area contributed by atoms with Crippen LogP contribution in [0, 0.1) is 17.8 Å². The Morgan fingerprint density at radius 2 is 2.10 bits per heavy atom. The molecule has 21 heavy (non-hydrogen) atoms. The summed E-state index contributed by atoms with van der Waals surface area (Å²) in [5.41, 5.74) is 0. The van der Waals surface area contributed by atoms with E-state index >= 15 is 0 Å². The maximum atomic E-state index is 6.07. The van der Waals surface area contributed by atoms with E-state index in [-0.39, 0.29) is 0 Å². The molecule has 4 unspecified atom stereocenters. The van der Waals surface area contributed by atoms with Gasteiger partial charge < -0.3 is 10.1 Å². The first kappa shape index (κ1) is 15.7. The molecule has 3 fully saturated rings. The van der Waals surface area contributed by atoms with Crippen molar-refractivity contribution in [2.45, 2.75) is 39.3 Å². The van der Waals surface area contributed by atoms with Crippen LogP contribution >= 0.6 is 0 Å². The molecule has 4 atom stereocenters. The number of ether oxygens (including phenoxy) is 1. The van der Waals surface area contributed by atoms with Gasteiger partial charge >= 0.3 is 0 Å². The molecule has 0 aromatic heterocycles. The topological polar surface area (TPSA) is 27.7 Å². The second kappa shape index (κ2) is 6.95. The van der Waals surface area contributed by atoms with E-state index in [9.17, 15) is 0 Å². The SMILES string of the molecule is CCC1C2CNCC2CN1CC1CN(CC(C)C)CCO1. The van der Waals surface area contributed by atoms with E-state index in [0.29, 0.717) is 6.10 Å². The minimum atomic E-state index is 0.415. The van der Waals surface area contributed by atoms with Crippen molar-refractivity contribution in [2.75, 3.05) is 52.4 Å². The molecule has 0 amide bonds. The van der Waals surface area contributed by atoms with Gasteiger partial charge in [0.05, 0.1) is 12.7 Å². The summed E-state index contributed by atoms with van der Waals surface area (Å²) < 4.78 is 6.07. The van der Waals surface area contributed by atoms with E-state index in [0.717, 1.165) is 50.0 Å². The van der Waals surface area contributed by atoms with Gasteiger partial charge in [0.15, 0.2) is 0 Å². The predicted molar refractivity (Wildman–Crippen MR) is 86.5 cm³/mol. The highest BCUT2D eigenvalue weighted by Crippen LogP contribution is 2.34. The van der Waals surface area contributed by atoms with Gasteiger partial charge in [0.25, 0.3) is 0 Å². The van der Waals surface area contributed by atoms with Gasteiger partial charge in [0.1, 0.15) is 0 Å². The number of morpholine rings is 1. The first-order valence-corrected chi connectivity index (χ1v) is 8.96. The van der Waals surface area contributed by atoms with Crippen LogP contribution in [0.1, 0.15) is 27.2 Å². The van der Waals surface area contributed by atoms with Crippen molar-refractivity contribution in [1.29, 1.82) is 0 Å². The van der Waals surface area contributed by atoms with Gasteiger partial charge in [-0.3, -0.25) is 9.80 Å². The second-order valence-corrected chi connectivity index (χ2v) is 7.66. The average molecular weight is 295 g/mol. The van der Waals surface area contributed by atoms with E-state index in [1.165, 1.54) is 32.6 Å². The Labute approximate surface area is 130 Å². The lowest BCUT2D eigenvalue weighted by Crippen LogP contribution is -2.50. The van der Waals surface area contributed by atoms with E-state index in [1.54, 1.807) is 0 Å². The molecule has 3 aliphatic rings. The lowest BCUT2D eigenvalue weighted by molar-refractivity contribution is -0.0488. The van der Waals surface area contributed by atoms with Crippen molar-refractivity contribution in [3.8, 4) is 0 Å². The molecule has 0 aliphatic carbocycles. The van der Waals surface area contributed by atoms with E-state index in [4.69, 9.17) is 4.74 Å². The van der Waals surface area contributed by atoms with Crippen molar-refractivity contribution in [3.05, 3.63) is 0 Å². The Hall–Kier alpha value is -0.160. The molecule has 0 aromatic carbocycles. The molecule has 3 aliphatic heterocycles. The zero-order valence-corrected chi connectivity index (χ0v) is 14.1.